The van der Waals surface area contributed by atoms with Gasteiger partial charge in [0.25, 0.3) is 5.91 Å². The Morgan fingerprint density at radius 1 is 1.07 bits per heavy atom. The summed E-state index contributed by atoms with van der Waals surface area (Å²) < 4.78 is 70.1. The number of esters is 1. The highest BCUT2D eigenvalue weighted by molar-refractivity contribution is 5.96. The van der Waals surface area contributed by atoms with E-state index in [1.807, 2.05) is 0 Å². The summed E-state index contributed by atoms with van der Waals surface area (Å²) in [5, 5.41) is 2.19. The molecule has 0 bridgehead atoms. The molecule has 144 valence electrons. The maximum Gasteiger partial charge on any atom is 0.416 e. The van der Waals surface area contributed by atoms with E-state index in [-0.39, 0.29) is 11.1 Å². The van der Waals surface area contributed by atoms with Crippen LogP contribution in [0.25, 0.3) is 0 Å². The van der Waals surface area contributed by atoms with Crippen LogP contribution in [0.5, 0.6) is 0 Å². The Bertz CT molecular complexity index is 851. The minimum Gasteiger partial charge on any atom is -0.467 e. The smallest absolute Gasteiger partial charge is 0.416 e. The molecule has 9 heteroatoms. The zero-order valence-corrected chi connectivity index (χ0v) is 13.9. The number of nitrogens with one attached hydrogen (secondary N) is 1. The number of alkyl halides is 3. The van der Waals surface area contributed by atoms with Crippen LogP contribution in [0.1, 0.15) is 21.5 Å². The van der Waals surface area contributed by atoms with Crippen molar-refractivity contribution >= 4 is 11.9 Å². The summed E-state index contributed by atoms with van der Waals surface area (Å²) in [6, 6.07) is 5.42. The van der Waals surface area contributed by atoms with E-state index in [0.717, 1.165) is 25.3 Å². The summed E-state index contributed by atoms with van der Waals surface area (Å²) in [6.45, 7) is 0. The predicted molar refractivity (Wildman–Crippen MR) is 84.8 cm³/mol. The molecule has 1 amide bonds. The standard InChI is InChI=1S/C18H14F5NO3/c1-27-17(26)15(9-10-4-2-3-5-12(10)18(21,22)23)24-16(25)11-6-7-13(19)14(20)8-11/h2-8,15H,9H2,1H3,(H,24,25)/t15-/m1/s1. The number of ether oxygens (including phenoxy) is 1. The predicted octanol–water partition coefficient (Wildman–Crippen LogP) is 3.50. The molecular weight excluding hydrogens is 373 g/mol. The third-order valence-electron chi connectivity index (χ3n) is 3.72. The Morgan fingerprint density at radius 3 is 2.33 bits per heavy atom. The van der Waals surface area contributed by atoms with Gasteiger partial charge in [-0.05, 0) is 29.8 Å². The van der Waals surface area contributed by atoms with Gasteiger partial charge >= 0.3 is 12.1 Å². The van der Waals surface area contributed by atoms with Crippen molar-refractivity contribution in [3.05, 3.63) is 70.8 Å². The third-order valence-corrected chi connectivity index (χ3v) is 3.72. The largest absolute Gasteiger partial charge is 0.467 e. The van der Waals surface area contributed by atoms with Crippen LogP contribution in [-0.4, -0.2) is 25.0 Å². The van der Waals surface area contributed by atoms with E-state index in [1.54, 1.807) is 0 Å². The van der Waals surface area contributed by atoms with Crippen molar-refractivity contribution in [1.29, 1.82) is 0 Å². The molecule has 0 aliphatic rings. The van der Waals surface area contributed by atoms with Crippen LogP contribution in [0, 0.1) is 11.6 Å². The quantitative estimate of drug-likeness (QED) is 0.631. The fourth-order valence-electron chi connectivity index (χ4n) is 2.41. The van der Waals surface area contributed by atoms with E-state index in [9.17, 15) is 31.5 Å². The molecule has 0 saturated carbocycles. The van der Waals surface area contributed by atoms with Crippen LogP contribution in [0.4, 0.5) is 22.0 Å². The highest BCUT2D eigenvalue weighted by Gasteiger charge is 2.34. The van der Waals surface area contributed by atoms with E-state index in [2.05, 4.69) is 10.1 Å². The Morgan fingerprint density at radius 2 is 1.74 bits per heavy atom. The van der Waals surface area contributed by atoms with Gasteiger partial charge < -0.3 is 10.1 Å². The molecule has 1 atom stereocenters. The number of halogens is 5. The van der Waals surface area contributed by atoms with E-state index < -0.39 is 47.7 Å². The Kier molecular flexibility index (Phi) is 6.14. The lowest BCUT2D eigenvalue weighted by atomic mass is 9.99. The average molecular weight is 387 g/mol. The van der Waals surface area contributed by atoms with Gasteiger partial charge in [0.2, 0.25) is 0 Å². The lowest BCUT2D eigenvalue weighted by molar-refractivity contribution is -0.144. The molecule has 27 heavy (non-hydrogen) atoms. The van der Waals surface area contributed by atoms with Crippen molar-refractivity contribution in [3.8, 4) is 0 Å². The van der Waals surface area contributed by atoms with E-state index in [0.29, 0.717) is 6.07 Å². The fraction of sp³-hybridized carbons (Fsp3) is 0.222. The molecule has 2 aromatic carbocycles. The lowest BCUT2D eigenvalue weighted by Gasteiger charge is -2.19. The number of methoxy groups -OCH3 is 1. The zero-order chi connectivity index (χ0) is 20.2. The topological polar surface area (TPSA) is 55.4 Å². The van der Waals surface area contributed by atoms with Crippen LogP contribution in [0.15, 0.2) is 42.5 Å². The molecule has 0 aliphatic carbocycles. The summed E-state index contributed by atoms with van der Waals surface area (Å²) in [4.78, 5) is 24.1. The first-order valence-corrected chi connectivity index (χ1v) is 7.62. The number of amides is 1. The SMILES string of the molecule is COC(=O)[C@@H](Cc1ccccc1C(F)(F)F)NC(=O)c1ccc(F)c(F)c1. The molecule has 0 heterocycles. The third kappa shape index (κ3) is 5.02. The number of carbonyl (C=O) groups excluding carboxylic acids is 2. The minimum atomic E-state index is -4.65. The number of benzene rings is 2. The van der Waals surface area contributed by atoms with Gasteiger partial charge in [-0.1, -0.05) is 18.2 Å². The van der Waals surface area contributed by atoms with Gasteiger partial charge in [-0.2, -0.15) is 13.2 Å². The Balaban J connectivity index is 2.28. The molecule has 0 spiro atoms. The average Bonchev–Trinajstić information content (AvgIpc) is 2.62. The summed E-state index contributed by atoms with van der Waals surface area (Å²) in [7, 11) is 1.01. The van der Waals surface area contributed by atoms with Crippen LogP contribution in [0.2, 0.25) is 0 Å². The molecule has 0 saturated heterocycles. The van der Waals surface area contributed by atoms with Crippen molar-refractivity contribution in [1.82, 2.24) is 5.32 Å². The van der Waals surface area contributed by atoms with Gasteiger partial charge in [0.05, 0.1) is 12.7 Å². The second-order valence-corrected chi connectivity index (χ2v) is 5.54. The summed E-state index contributed by atoms with van der Waals surface area (Å²) in [5.41, 5.74) is -1.49. The maximum absolute atomic E-state index is 13.3. The number of hydrogen-bond donors (Lipinski definition) is 1. The molecule has 1 N–H and O–H groups in total. The summed E-state index contributed by atoms with van der Waals surface area (Å²) >= 11 is 0. The number of hydrogen-bond acceptors (Lipinski definition) is 3. The molecule has 0 radical (unpaired) electrons. The van der Waals surface area contributed by atoms with Crippen molar-refractivity contribution in [2.75, 3.05) is 7.11 Å². The Hall–Kier alpha value is -2.97. The van der Waals surface area contributed by atoms with E-state index in [1.165, 1.54) is 18.2 Å². The number of rotatable bonds is 5. The van der Waals surface area contributed by atoms with Gasteiger partial charge in [-0.25, -0.2) is 13.6 Å². The van der Waals surface area contributed by atoms with Crippen molar-refractivity contribution in [2.24, 2.45) is 0 Å². The van der Waals surface area contributed by atoms with E-state index >= 15 is 0 Å². The van der Waals surface area contributed by atoms with E-state index in [4.69, 9.17) is 0 Å². The molecule has 0 aromatic heterocycles. The van der Waals surface area contributed by atoms with Crippen LogP contribution in [0.3, 0.4) is 0 Å². The molecule has 0 unspecified atom stereocenters. The van der Waals surface area contributed by atoms with Gasteiger partial charge in [-0.15, -0.1) is 0 Å². The van der Waals surface area contributed by atoms with Crippen molar-refractivity contribution in [2.45, 2.75) is 18.6 Å². The van der Waals surface area contributed by atoms with Gasteiger partial charge in [0.15, 0.2) is 11.6 Å². The van der Waals surface area contributed by atoms with Gasteiger partial charge in [-0.3, -0.25) is 4.79 Å². The van der Waals surface area contributed by atoms with Crippen molar-refractivity contribution in [3.63, 3.8) is 0 Å². The first-order valence-electron chi connectivity index (χ1n) is 7.62. The minimum absolute atomic E-state index is 0.231. The lowest BCUT2D eigenvalue weighted by Crippen LogP contribution is -2.43. The van der Waals surface area contributed by atoms with Crippen LogP contribution >= 0.6 is 0 Å². The molecule has 2 rings (SSSR count). The highest BCUT2D eigenvalue weighted by Crippen LogP contribution is 2.32. The summed E-state index contributed by atoms with van der Waals surface area (Å²) in [5.74, 6) is -4.40. The molecule has 2 aromatic rings. The number of carbonyl (C=O) groups is 2. The maximum atomic E-state index is 13.3. The normalized spacial score (nSPS) is 12.4. The van der Waals surface area contributed by atoms with Gasteiger partial charge in [0, 0.05) is 12.0 Å². The molecule has 0 fully saturated rings. The second kappa shape index (κ2) is 8.15. The molecule has 0 aliphatic heterocycles. The van der Waals surface area contributed by atoms with Crippen LogP contribution < -0.4 is 5.32 Å². The second-order valence-electron chi connectivity index (χ2n) is 5.54. The Labute approximate surface area is 150 Å². The fourth-order valence-corrected chi connectivity index (χ4v) is 2.41. The zero-order valence-electron chi connectivity index (χ0n) is 13.9. The molecular formula is C18H14F5NO3. The van der Waals surface area contributed by atoms with Gasteiger partial charge in [0.1, 0.15) is 6.04 Å². The van der Waals surface area contributed by atoms with Crippen molar-refractivity contribution < 1.29 is 36.3 Å². The first kappa shape index (κ1) is 20.3. The highest BCUT2D eigenvalue weighted by atomic mass is 19.4. The van der Waals surface area contributed by atoms with Crippen LogP contribution in [-0.2, 0) is 22.1 Å². The summed E-state index contributed by atoms with van der Waals surface area (Å²) in [6.07, 6.45) is -5.15. The molecule has 4 nitrogen and oxygen atoms in total. The first-order chi connectivity index (χ1) is 12.6. The monoisotopic (exact) mass is 387 g/mol.